The number of benzene rings is 2. The van der Waals surface area contributed by atoms with Crippen molar-refractivity contribution in [3.8, 4) is 5.75 Å². The van der Waals surface area contributed by atoms with Gasteiger partial charge in [-0.25, -0.2) is 13.2 Å². The van der Waals surface area contributed by atoms with Crippen LogP contribution >= 0.6 is 11.6 Å². The van der Waals surface area contributed by atoms with E-state index in [0.717, 1.165) is 0 Å². The second-order valence-corrected chi connectivity index (χ2v) is 8.12. The number of ether oxygens (including phenoxy) is 2. The van der Waals surface area contributed by atoms with Gasteiger partial charge in [-0.3, -0.25) is 4.72 Å². The third-order valence-electron chi connectivity index (χ3n) is 4.25. The number of hydrogen-bond acceptors (Lipinski definition) is 6. The van der Waals surface area contributed by atoms with E-state index in [9.17, 15) is 18.3 Å². The van der Waals surface area contributed by atoms with Crippen LogP contribution in [0, 0.1) is 0 Å². The number of nitrogens with zero attached hydrogens (tertiary/aromatic N) is 1. The van der Waals surface area contributed by atoms with E-state index in [0.29, 0.717) is 32.0 Å². The molecule has 2 aromatic rings. The highest BCUT2D eigenvalue weighted by atomic mass is 35.5. The van der Waals surface area contributed by atoms with Gasteiger partial charge in [0.15, 0.2) is 0 Å². The number of rotatable bonds is 6. The van der Waals surface area contributed by atoms with E-state index in [1.807, 2.05) is 4.90 Å². The molecule has 1 fully saturated rings. The lowest BCUT2D eigenvalue weighted by atomic mass is 10.1. The molecule has 150 valence electrons. The average molecular weight is 427 g/mol. The number of sulfonamides is 1. The summed E-state index contributed by atoms with van der Waals surface area (Å²) < 4.78 is 39.0. The second kappa shape index (κ2) is 8.26. The standard InChI is InChI=1S/C18H19ClN2O6S/c1-26-16-5-3-13(19)11-17(16)28(24,25)20-14-10-12(18(22)23)2-4-15(14)21-6-8-27-9-7-21/h2-5,10-11,20H,6-9H2,1H3,(H,22,23). The summed E-state index contributed by atoms with van der Waals surface area (Å²) in [6.45, 7) is 2.10. The van der Waals surface area contributed by atoms with Gasteiger partial charge in [-0.15, -0.1) is 0 Å². The van der Waals surface area contributed by atoms with Crippen LogP contribution in [-0.2, 0) is 14.8 Å². The van der Waals surface area contributed by atoms with Crippen molar-refractivity contribution in [3.05, 3.63) is 47.0 Å². The number of anilines is 2. The Labute approximate surface area is 167 Å². The third-order valence-corrected chi connectivity index (χ3v) is 5.88. The Bertz CT molecular complexity index is 990. The summed E-state index contributed by atoms with van der Waals surface area (Å²) >= 11 is 5.96. The highest BCUT2D eigenvalue weighted by molar-refractivity contribution is 7.92. The number of aromatic carboxylic acids is 1. The minimum Gasteiger partial charge on any atom is -0.495 e. The summed E-state index contributed by atoms with van der Waals surface area (Å²) in [6, 6.07) is 8.56. The molecule has 1 aliphatic rings. The topological polar surface area (TPSA) is 105 Å². The van der Waals surface area contributed by atoms with Crippen LogP contribution < -0.4 is 14.4 Å². The Hall–Kier alpha value is -2.49. The summed E-state index contributed by atoms with van der Waals surface area (Å²) in [5.41, 5.74) is 0.689. The number of carboxylic acid groups (broad SMARTS) is 1. The quantitative estimate of drug-likeness (QED) is 0.731. The number of carbonyl (C=O) groups is 1. The lowest BCUT2D eigenvalue weighted by Crippen LogP contribution is -2.36. The number of hydrogen-bond donors (Lipinski definition) is 2. The average Bonchev–Trinajstić information content (AvgIpc) is 2.68. The second-order valence-electron chi connectivity index (χ2n) is 6.04. The Morgan fingerprint density at radius 3 is 2.57 bits per heavy atom. The highest BCUT2D eigenvalue weighted by Gasteiger charge is 2.24. The summed E-state index contributed by atoms with van der Waals surface area (Å²) in [5, 5.41) is 9.53. The maximum absolute atomic E-state index is 13.0. The summed E-state index contributed by atoms with van der Waals surface area (Å²) in [5.74, 6) is -1.03. The fourth-order valence-corrected chi connectivity index (χ4v) is 4.39. The molecule has 1 saturated heterocycles. The molecule has 3 rings (SSSR count). The summed E-state index contributed by atoms with van der Waals surface area (Å²) in [4.78, 5) is 13.2. The Morgan fingerprint density at radius 2 is 1.93 bits per heavy atom. The van der Waals surface area contributed by atoms with Gasteiger partial charge in [0, 0.05) is 18.1 Å². The monoisotopic (exact) mass is 426 g/mol. The van der Waals surface area contributed by atoms with Crippen molar-refractivity contribution >= 4 is 39.0 Å². The zero-order valence-electron chi connectivity index (χ0n) is 15.0. The van der Waals surface area contributed by atoms with E-state index >= 15 is 0 Å². The number of morpholine rings is 1. The molecular weight excluding hydrogens is 408 g/mol. The lowest BCUT2D eigenvalue weighted by molar-refractivity contribution is 0.0697. The molecule has 8 nitrogen and oxygen atoms in total. The predicted octanol–water partition coefficient (Wildman–Crippen LogP) is 2.68. The van der Waals surface area contributed by atoms with Gasteiger partial charge in [0.05, 0.1) is 37.3 Å². The fourth-order valence-electron chi connectivity index (χ4n) is 2.89. The first-order valence-corrected chi connectivity index (χ1v) is 10.2. The minimum atomic E-state index is -4.09. The summed E-state index contributed by atoms with van der Waals surface area (Å²) in [6.07, 6.45) is 0. The van der Waals surface area contributed by atoms with Crippen molar-refractivity contribution in [2.24, 2.45) is 0 Å². The van der Waals surface area contributed by atoms with Gasteiger partial charge >= 0.3 is 5.97 Å². The molecular formula is C18H19ClN2O6S. The van der Waals surface area contributed by atoms with Crippen molar-refractivity contribution in [1.29, 1.82) is 0 Å². The van der Waals surface area contributed by atoms with Crippen molar-refractivity contribution in [3.63, 3.8) is 0 Å². The zero-order chi connectivity index (χ0) is 20.3. The largest absolute Gasteiger partial charge is 0.495 e. The first kappa shape index (κ1) is 20.2. The predicted molar refractivity (Wildman–Crippen MR) is 105 cm³/mol. The molecule has 0 amide bonds. The van der Waals surface area contributed by atoms with Crippen molar-refractivity contribution < 1.29 is 27.8 Å². The van der Waals surface area contributed by atoms with Crippen LogP contribution in [0.25, 0.3) is 0 Å². The van der Waals surface area contributed by atoms with Crippen molar-refractivity contribution in [2.75, 3.05) is 43.0 Å². The van der Waals surface area contributed by atoms with E-state index < -0.39 is 16.0 Å². The van der Waals surface area contributed by atoms with E-state index in [1.165, 1.54) is 37.4 Å². The molecule has 0 unspecified atom stereocenters. The van der Waals surface area contributed by atoms with Crippen molar-refractivity contribution in [2.45, 2.75) is 4.90 Å². The Morgan fingerprint density at radius 1 is 1.21 bits per heavy atom. The van der Waals surface area contributed by atoms with Gasteiger partial charge < -0.3 is 19.5 Å². The molecule has 0 aliphatic carbocycles. The van der Waals surface area contributed by atoms with E-state index in [4.69, 9.17) is 21.1 Å². The third kappa shape index (κ3) is 4.32. The van der Waals surface area contributed by atoms with Crippen molar-refractivity contribution in [1.82, 2.24) is 0 Å². The highest BCUT2D eigenvalue weighted by Crippen LogP contribution is 2.33. The molecule has 0 bridgehead atoms. The molecule has 0 radical (unpaired) electrons. The first-order valence-electron chi connectivity index (χ1n) is 8.38. The van der Waals surface area contributed by atoms with E-state index in [1.54, 1.807) is 6.07 Å². The normalized spacial score (nSPS) is 14.6. The molecule has 0 saturated carbocycles. The van der Waals surface area contributed by atoms with Gasteiger partial charge in [0.25, 0.3) is 10.0 Å². The van der Waals surface area contributed by atoms with Crippen LogP contribution in [0.1, 0.15) is 10.4 Å². The lowest BCUT2D eigenvalue weighted by Gasteiger charge is -2.30. The maximum atomic E-state index is 13.0. The molecule has 2 N–H and O–H groups in total. The van der Waals surface area contributed by atoms with Crippen LogP contribution in [0.4, 0.5) is 11.4 Å². The number of nitrogens with one attached hydrogen (secondary N) is 1. The van der Waals surface area contributed by atoms with Crippen LogP contribution in [-0.4, -0.2) is 52.9 Å². The minimum absolute atomic E-state index is 0.0345. The maximum Gasteiger partial charge on any atom is 0.335 e. The number of carboxylic acids is 1. The van der Waals surface area contributed by atoms with E-state index in [2.05, 4.69) is 4.72 Å². The van der Waals surface area contributed by atoms with Crippen LogP contribution in [0.5, 0.6) is 5.75 Å². The molecule has 1 aliphatic heterocycles. The molecule has 10 heteroatoms. The van der Waals surface area contributed by atoms with Crippen LogP contribution in [0.15, 0.2) is 41.3 Å². The fraction of sp³-hybridized carbons (Fsp3) is 0.278. The van der Waals surface area contributed by atoms with Crippen LogP contribution in [0.3, 0.4) is 0 Å². The number of halogens is 1. The molecule has 28 heavy (non-hydrogen) atoms. The number of methoxy groups -OCH3 is 1. The molecule has 0 aromatic heterocycles. The molecule has 0 spiro atoms. The summed E-state index contributed by atoms with van der Waals surface area (Å²) in [7, 11) is -2.74. The van der Waals surface area contributed by atoms with Gasteiger partial charge in [0.1, 0.15) is 10.6 Å². The van der Waals surface area contributed by atoms with Gasteiger partial charge in [-0.05, 0) is 36.4 Å². The van der Waals surface area contributed by atoms with Gasteiger partial charge in [-0.2, -0.15) is 0 Å². The van der Waals surface area contributed by atoms with Gasteiger partial charge in [0.2, 0.25) is 0 Å². The Balaban J connectivity index is 2.05. The Kier molecular flexibility index (Phi) is 5.97. The van der Waals surface area contributed by atoms with Gasteiger partial charge in [-0.1, -0.05) is 11.6 Å². The SMILES string of the molecule is COc1ccc(Cl)cc1S(=O)(=O)Nc1cc(C(=O)O)ccc1N1CCOCC1. The molecule has 0 atom stereocenters. The smallest absolute Gasteiger partial charge is 0.335 e. The van der Waals surface area contributed by atoms with Crippen LogP contribution in [0.2, 0.25) is 5.02 Å². The molecule has 2 aromatic carbocycles. The zero-order valence-corrected chi connectivity index (χ0v) is 16.6. The molecule has 1 heterocycles. The first-order chi connectivity index (χ1) is 13.3. The van der Waals surface area contributed by atoms with E-state index in [-0.39, 0.29) is 26.9 Å².